The van der Waals surface area contributed by atoms with Crippen molar-refractivity contribution < 1.29 is 9.72 Å². The Labute approximate surface area is 115 Å². The van der Waals surface area contributed by atoms with Gasteiger partial charge in [0.15, 0.2) is 5.96 Å². The van der Waals surface area contributed by atoms with Gasteiger partial charge in [-0.2, -0.15) is 0 Å². The number of hydrogen-bond donors (Lipinski definition) is 2. The molecule has 0 unspecified atom stereocenters. The van der Waals surface area contributed by atoms with Crippen LogP contribution in [-0.2, 0) is 0 Å². The monoisotopic (exact) mass is 277 g/mol. The summed E-state index contributed by atoms with van der Waals surface area (Å²) in [6, 6.07) is 5.55. The highest BCUT2D eigenvalue weighted by molar-refractivity contribution is 5.94. The number of nitrogens with one attached hydrogen (secondary N) is 1. The minimum atomic E-state index is -0.500. The zero-order valence-electron chi connectivity index (χ0n) is 10.8. The van der Waals surface area contributed by atoms with Gasteiger partial charge in [-0.15, -0.1) is 0 Å². The lowest BCUT2D eigenvalue weighted by molar-refractivity contribution is -0.384. The van der Waals surface area contributed by atoms with E-state index in [9.17, 15) is 14.9 Å². The van der Waals surface area contributed by atoms with Crippen molar-refractivity contribution in [3.8, 4) is 0 Å². The van der Waals surface area contributed by atoms with Crippen molar-refractivity contribution >= 4 is 17.6 Å². The van der Waals surface area contributed by atoms with Crippen LogP contribution in [0.15, 0.2) is 24.3 Å². The maximum atomic E-state index is 12.2. The van der Waals surface area contributed by atoms with E-state index in [0.29, 0.717) is 31.7 Å². The molecule has 8 heteroatoms. The number of carbonyl (C=O) groups is 1. The van der Waals surface area contributed by atoms with E-state index < -0.39 is 4.92 Å². The van der Waals surface area contributed by atoms with Crippen LogP contribution < -0.4 is 5.73 Å². The Morgan fingerprint density at radius 1 is 1.15 bits per heavy atom. The molecule has 0 saturated carbocycles. The number of nitrogens with two attached hydrogens (primary N) is 1. The number of non-ortho nitro benzene ring substituents is 1. The molecule has 1 aromatic rings. The number of guanidine groups is 1. The Hall–Kier alpha value is -2.64. The molecule has 20 heavy (non-hydrogen) atoms. The van der Waals surface area contributed by atoms with Crippen LogP contribution in [0, 0.1) is 15.5 Å². The molecule has 106 valence electrons. The fourth-order valence-corrected chi connectivity index (χ4v) is 2.06. The van der Waals surface area contributed by atoms with E-state index in [1.807, 2.05) is 0 Å². The van der Waals surface area contributed by atoms with Crippen molar-refractivity contribution in [3.05, 3.63) is 39.9 Å². The first-order valence-corrected chi connectivity index (χ1v) is 6.12. The summed E-state index contributed by atoms with van der Waals surface area (Å²) in [6.45, 7) is 2.01. The molecule has 0 atom stereocenters. The van der Waals surface area contributed by atoms with Gasteiger partial charge in [0.05, 0.1) is 4.92 Å². The van der Waals surface area contributed by atoms with Crippen LogP contribution in [-0.4, -0.2) is 52.8 Å². The molecular weight excluding hydrogens is 262 g/mol. The molecule has 1 aliphatic rings. The zero-order chi connectivity index (χ0) is 14.7. The molecule has 0 aromatic heterocycles. The first kappa shape index (κ1) is 13.8. The Morgan fingerprint density at radius 3 is 2.10 bits per heavy atom. The SMILES string of the molecule is N=C(N)N1CCN(C(=O)c2ccc([N+](=O)[O-])cc2)CC1. The predicted molar refractivity (Wildman–Crippen MR) is 72.5 cm³/mol. The van der Waals surface area contributed by atoms with E-state index in [-0.39, 0.29) is 17.6 Å². The quantitative estimate of drug-likeness (QED) is 0.348. The van der Waals surface area contributed by atoms with Crippen molar-refractivity contribution in [2.45, 2.75) is 0 Å². The topological polar surface area (TPSA) is 117 Å². The number of nitrogens with zero attached hydrogens (tertiary/aromatic N) is 3. The fourth-order valence-electron chi connectivity index (χ4n) is 2.06. The molecule has 0 bridgehead atoms. The van der Waals surface area contributed by atoms with Gasteiger partial charge >= 0.3 is 0 Å². The molecule has 1 heterocycles. The highest BCUT2D eigenvalue weighted by Gasteiger charge is 2.22. The van der Waals surface area contributed by atoms with E-state index in [1.165, 1.54) is 24.3 Å². The minimum absolute atomic E-state index is 0.00688. The van der Waals surface area contributed by atoms with Crippen molar-refractivity contribution in [2.24, 2.45) is 5.73 Å². The Morgan fingerprint density at radius 2 is 1.65 bits per heavy atom. The summed E-state index contributed by atoms with van der Waals surface area (Å²) >= 11 is 0. The van der Waals surface area contributed by atoms with Gasteiger partial charge in [0.25, 0.3) is 11.6 Å². The molecule has 8 nitrogen and oxygen atoms in total. The van der Waals surface area contributed by atoms with Crippen LogP contribution in [0.2, 0.25) is 0 Å². The summed E-state index contributed by atoms with van der Waals surface area (Å²) < 4.78 is 0. The summed E-state index contributed by atoms with van der Waals surface area (Å²) in [7, 11) is 0. The van der Waals surface area contributed by atoms with Gasteiger partial charge < -0.3 is 15.5 Å². The number of piperazine rings is 1. The maximum Gasteiger partial charge on any atom is 0.269 e. The second kappa shape index (κ2) is 5.55. The summed E-state index contributed by atoms with van der Waals surface area (Å²) in [5, 5.41) is 17.9. The van der Waals surface area contributed by atoms with Crippen LogP contribution in [0.25, 0.3) is 0 Å². The second-order valence-electron chi connectivity index (χ2n) is 4.47. The van der Waals surface area contributed by atoms with Crippen molar-refractivity contribution in [1.82, 2.24) is 9.80 Å². The smallest absolute Gasteiger partial charge is 0.269 e. The summed E-state index contributed by atoms with van der Waals surface area (Å²) in [4.78, 5) is 25.6. The molecule has 2 rings (SSSR count). The van der Waals surface area contributed by atoms with Crippen LogP contribution in [0.3, 0.4) is 0 Å². The van der Waals surface area contributed by atoms with Crippen LogP contribution >= 0.6 is 0 Å². The van der Waals surface area contributed by atoms with Crippen molar-refractivity contribution in [2.75, 3.05) is 26.2 Å². The lowest BCUT2D eigenvalue weighted by Crippen LogP contribution is -2.52. The summed E-state index contributed by atoms with van der Waals surface area (Å²) in [5.74, 6) is -0.157. The van der Waals surface area contributed by atoms with Gasteiger partial charge in [-0.05, 0) is 12.1 Å². The number of carbonyl (C=O) groups excluding carboxylic acids is 1. The summed E-state index contributed by atoms with van der Waals surface area (Å²) in [6.07, 6.45) is 0. The molecule has 0 radical (unpaired) electrons. The number of nitro groups is 1. The molecule has 0 aliphatic carbocycles. The minimum Gasteiger partial charge on any atom is -0.370 e. The molecule has 1 amide bonds. The summed E-state index contributed by atoms with van der Waals surface area (Å²) in [5.41, 5.74) is 5.77. The Balaban J connectivity index is 2.01. The average Bonchev–Trinajstić information content (AvgIpc) is 2.46. The Bertz CT molecular complexity index is 535. The second-order valence-corrected chi connectivity index (χ2v) is 4.47. The van der Waals surface area contributed by atoms with E-state index in [1.54, 1.807) is 9.80 Å². The zero-order valence-corrected chi connectivity index (χ0v) is 10.8. The first-order valence-electron chi connectivity index (χ1n) is 6.12. The third-order valence-electron chi connectivity index (χ3n) is 3.23. The van der Waals surface area contributed by atoms with Gasteiger partial charge in [0.2, 0.25) is 0 Å². The van der Waals surface area contributed by atoms with Gasteiger partial charge in [-0.3, -0.25) is 20.3 Å². The first-order chi connectivity index (χ1) is 9.49. The number of hydrogen-bond acceptors (Lipinski definition) is 4. The number of benzene rings is 1. The Kier molecular flexibility index (Phi) is 3.83. The normalized spacial score (nSPS) is 15.0. The highest BCUT2D eigenvalue weighted by atomic mass is 16.6. The van der Waals surface area contributed by atoms with Crippen molar-refractivity contribution in [1.29, 1.82) is 5.41 Å². The highest BCUT2D eigenvalue weighted by Crippen LogP contribution is 2.14. The van der Waals surface area contributed by atoms with Crippen LogP contribution in [0.4, 0.5) is 5.69 Å². The predicted octanol–water partition coefficient (Wildman–Crippen LogP) is 0.246. The van der Waals surface area contributed by atoms with Gasteiger partial charge in [-0.25, -0.2) is 0 Å². The lowest BCUT2D eigenvalue weighted by atomic mass is 10.1. The van der Waals surface area contributed by atoms with Crippen molar-refractivity contribution in [3.63, 3.8) is 0 Å². The van der Waals surface area contributed by atoms with E-state index >= 15 is 0 Å². The largest absolute Gasteiger partial charge is 0.370 e. The number of amides is 1. The molecular formula is C12H15N5O3. The van der Waals surface area contributed by atoms with Gasteiger partial charge in [-0.1, -0.05) is 0 Å². The number of nitro benzene ring substituents is 1. The third-order valence-corrected chi connectivity index (χ3v) is 3.23. The molecule has 1 aliphatic heterocycles. The van der Waals surface area contributed by atoms with E-state index in [4.69, 9.17) is 11.1 Å². The standard InChI is InChI=1S/C12H15N5O3/c13-12(14)16-7-5-15(6-8-16)11(18)9-1-3-10(4-2-9)17(19)20/h1-4H,5-8H2,(H3,13,14). The molecule has 1 aromatic carbocycles. The lowest BCUT2D eigenvalue weighted by Gasteiger charge is -2.34. The maximum absolute atomic E-state index is 12.2. The molecule has 0 spiro atoms. The molecule has 1 fully saturated rings. The van der Waals surface area contributed by atoms with Crippen LogP contribution in [0.1, 0.15) is 10.4 Å². The van der Waals surface area contributed by atoms with E-state index in [0.717, 1.165) is 0 Å². The molecule has 1 saturated heterocycles. The number of rotatable bonds is 2. The van der Waals surface area contributed by atoms with Gasteiger partial charge in [0.1, 0.15) is 0 Å². The average molecular weight is 277 g/mol. The molecule has 3 N–H and O–H groups in total. The van der Waals surface area contributed by atoms with Gasteiger partial charge in [0, 0.05) is 43.9 Å². The van der Waals surface area contributed by atoms with E-state index in [2.05, 4.69) is 0 Å². The van der Waals surface area contributed by atoms with Crippen LogP contribution in [0.5, 0.6) is 0 Å². The fraction of sp³-hybridized carbons (Fsp3) is 0.333. The third kappa shape index (κ3) is 2.85.